The lowest BCUT2D eigenvalue weighted by Gasteiger charge is -2.21. The molecular formula is C21H22O. The van der Waals surface area contributed by atoms with Gasteiger partial charge in [0.2, 0.25) is 0 Å². The van der Waals surface area contributed by atoms with E-state index >= 15 is 0 Å². The first-order chi connectivity index (χ1) is 10.4. The van der Waals surface area contributed by atoms with Crippen LogP contribution in [0.15, 0.2) is 60.7 Å². The molecule has 0 radical (unpaired) electrons. The van der Waals surface area contributed by atoms with Crippen LogP contribution in [0.2, 0.25) is 0 Å². The van der Waals surface area contributed by atoms with E-state index in [1.54, 1.807) is 0 Å². The first-order valence-corrected chi connectivity index (χ1v) is 7.71. The topological polar surface area (TPSA) is 9.23 Å². The van der Waals surface area contributed by atoms with Crippen molar-refractivity contribution >= 4 is 10.8 Å². The Hall–Kier alpha value is -2.28. The molecule has 3 rings (SSSR count). The largest absolute Gasteiger partial charge is 0.488 e. The molecule has 3 aromatic rings. The first-order valence-electron chi connectivity index (χ1n) is 7.71. The van der Waals surface area contributed by atoms with Gasteiger partial charge in [0.05, 0.1) is 0 Å². The van der Waals surface area contributed by atoms with Crippen LogP contribution in [0.1, 0.15) is 26.3 Å². The van der Waals surface area contributed by atoms with Gasteiger partial charge in [-0.05, 0) is 67.8 Å². The highest BCUT2D eigenvalue weighted by Crippen LogP contribution is 2.28. The van der Waals surface area contributed by atoms with Gasteiger partial charge in [-0.2, -0.15) is 0 Å². The van der Waals surface area contributed by atoms with Crippen molar-refractivity contribution in [1.29, 1.82) is 0 Å². The van der Waals surface area contributed by atoms with Gasteiger partial charge >= 0.3 is 0 Å². The zero-order valence-corrected chi connectivity index (χ0v) is 13.7. The second-order valence-electron chi connectivity index (χ2n) is 6.81. The van der Waals surface area contributed by atoms with Gasteiger partial charge in [0.1, 0.15) is 11.4 Å². The molecule has 0 saturated carbocycles. The molecular weight excluding hydrogens is 268 g/mol. The molecule has 0 aliphatic carbocycles. The van der Waals surface area contributed by atoms with E-state index in [2.05, 4.69) is 82.3 Å². The van der Waals surface area contributed by atoms with Gasteiger partial charge in [0, 0.05) is 0 Å². The van der Waals surface area contributed by atoms with Crippen LogP contribution in [0.3, 0.4) is 0 Å². The van der Waals surface area contributed by atoms with E-state index in [4.69, 9.17) is 4.74 Å². The van der Waals surface area contributed by atoms with Crippen LogP contribution in [0, 0.1) is 6.92 Å². The summed E-state index contributed by atoms with van der Waals surface area (Å²) in [5, 5.41) is 2.44. The molecule has 0 saturated heterocycles. The Bertz CT molecular complexity index is 809. The van der Waals surface area contributed by atoms with Crippen molar-refractivity contribution in [3.05, 3.63) is 66.2 Å². The molecule has 112 valence electrons. The minimum absolute atomic E-state index is 0.179. The molecule has 0 bridgehead atoms. The van der Waals surface area contributed by atoms with E-state index in [0.29, 0.717) is 0 Å². The number of rotatable bonds is 2. The van der Waals surface area contributed by atoms with Gasteiger partial charge in [0.15, 0.2) is 0 Å². The Morgan fingerprint density at radius 3 is 2.18 bits per heavy atom. The number of hydrogen-bond donors (Lipinski definition) is 0. The second-order valence-corrected chi connectivity index (χ2v) is 6.81. The summed E-state index contributed by atoms with van der Waals surface area (Å²) in [5.41, 5.74) is 3.59. The summed E-state index contributed by atoms with van der Waals surface area (Å²) < 4.78 is 5.97. The molecule has 0 aromatic heterocycles. The Morgan fingerprint density at radius 2 is 1.45 bits per heavy atom. The summed E-state index contributed by atoms with van der Waals surface area (Å²) in [4.78, 5) is 0. The molecule has 0 aliphatic heterocycles. The summed E-state index contributed by atoms with van der Waals surface area (Å²) >= 11 is 0. The quantitative estimate of drug-likeness (QED) is 0.563. The van der Waals surface area contributed by atoms with Crippen molar-refractivity contribution in [2.24, 2.45) is 0 Å². The van der Waals surface area contributed by atoms with Crippen LogP contribution in [0.5, 0.6) is 5.75 Å². The zero-order chi connectivity index (χ0) is 15.7. The van der Waals surface area contributed by atoms with Crippen LogP contribution >= 0.6 is 0 Å². The molecule has 0 aliphatic rings. The van der Waals surface area contributed by atoms with Gasteiger partial charge < -0.3 is 4.74 Å². The lowest BCUT2D eigenvalue weighted by Crippen LogP contribution is -2.22. The minimum atomic E-state index is -0.179. The molecule has 0 N–H and O–H groups in total. The van der Waals surface area contributed by atoms with Gasteiger partial charge in [-0.15, -0.1) is 0 Å². The number of aryl methyl sites for hydroxylation is 1. The highest BCUT2D eigenvalue weighted by atomic mass is 16.5. The lowest BCUT2D eigenvalue weighted by molar-refractivity contribution is 0.131. The number of ether oxygens (including phenoxy) is 1. The SMILES string of the molecule is Cc1cccc(-c2ccc3ccc(OC(C)(C)C)cc3c2)c1. The Balaban J connectivity index is 2.04. The molecule has 0 unspecified atom stereocenters. The highest BCUT2D eigenvalue weighted by molar-refractivity contribution is 5.88. The molecule has 0 heterocycles. The van der Waals surface area contributed by atoms with Crippen molar-refractivity contribution in [2.75, 3.05) is 0 Å². The zero-order valence-electron chi connectivity index (χ0n) is 13.7. The molecule has 1 nitrogen and oxygen atoms in total. The third-order valence-electron chi connectivity index (χ3n) is 3.59. The lowest BCUT2D eigenvalue weighted by atomic mass is 10.00. The number of hydrogen-bond acceptors (Lipinski definition) is 1. The standard InChI is InChI=1S/C21H22O/c1-15-6-5-7-17(12-15)18-9-8-16-10-11-20(14-19(16)13-18)22-21(2,3)4/h5-14H,1-4H3. The Kier molecular flexibility index (Phi) is 3.66. The van der Waals surface area contributed by atoms with Gasteiger partial charge in [-0.25, -0.2) is 0 Å². The second kappa shape index (κ2) is 5.49. The summed E-state index contributed by atoms with van der Waals surface area (Å²) in [6.07, 6.45) is 0. The summed E-state index contributed by atoms with van der Waals surface area (Å²) in [6.45, 7) is 8.33. The first kappa shape index (κ1) is 14.6. The maximum Gasteiger partial charge on any atom is 0.120 e. The van der Waals surface area contributed by atoms with E-state index in [0.717, 1.165) is 5.75 Å². The molecule has 0 atom stereocenters. The Labute approximate surface area is 132 Å². The maximum absolute atomic E-state index is 5.97. The normalized spacial score (nSPS) is 11.6. The van der Waals surface area contributed by atoms with Crippen LogP contribution in [0.4, 0.5) is 0 Å². The van der Waals surface area contributed by atoms with Crippen LogP contribution in [-0.2, 0) is 0 Å². The van der Waals surface area contributed by atoms with E-state index in [9.17, 15) is 0 Å². The molecule has 22 heavy (non-hydrogen) atoms. The third kappa shape index (κ3) is 3.30. The van der Waals surface area contributed by atoms with Crippen molar-refractivity contribution in [2.45, 2.75) is 33.3 Å². The van der Waals surface area contributed by atoms with Gasteiger partial charge in [-0.1, -0.05) is 48.0 Å². The van der Waals surface area contributed by atoms with E-state index in [1.165, 1.54) is 27.5 Å². The van der Waals surface area contributed by atoms with E-state index < -0.39 is 0 Å². The average molecular weight is 290 g/mol. The Morgan fingerprint density at radius 1 is 0.727 bits per heavy atom. The predicted octanol–water partition coefficient (Wildman–Crippen LogP) is 5.99. The van der Waals surface area contributed by atoms with Crippen molar-refractivity contribution in [1.82, 2.24) is 0 Å². The van der Waals surface area contributed by atoms with Crippen LogP contribution in [0.25, 0.3) is 21.9 Å². The molecule has 1 heteroatoms. The highest BCUT2D eigenvalue weighted by Gasteiger charge is 2.12. The van der Waals surface area contributed by atoms with Crippen molar-refractivity contribution < 1.29 is 4.74 Å². The molecule has 0 spiro atoms. The molecule has 0 fully saturated rings. The van der Waals surface area contributed by atoms with Crippen molar-refractivity contribution in [3.8, 4) is 16.9 Å². The van der Waals surface area contributed by atoms with Gasteiger partial charge in [0.25, 0.3) is 0 Å². The van der Waals surface area contributed by atoms with Crippen LogP contribution in [-0.4, -0.2) is 5.60 Å². The summed E-state index contributed by atoms with van der Waals surface area (Å²) in [6, 6.07) is 21.5. The monoisotopic (exact) mass is 290 g/mol. The maximum atomic E-state index is 5.97. The molecule has 3 aromatic carbocycles. The van der Waals surface area contributed by atoms with Crippen molar-refractivity contribution in [3.63, 3.8) is 0 Å². The van der Waals surface area contributed by atoms with E-state index in [1.807, 2.05) is 6.07 Å². The van der Waals surface area contributed by atoms with E-state index in [-0.39, 0.29) is 5.60 Å². The average Bonchev–Trinajstić information content (AvgIpc) is 2.45. The number of fused-ring (bicyclic) bond motifs is 1. The van der Waals surface area contributed by atoms with Crippen LogP contribution < -0.4 is 4.74 Å². The number of benzene rings is 3. The summed E-state index contributed by atoms with van der Waals surface area (Å²) in [7, 11) is 0. The predicted molar refractivity (Wildman–Crippen MR) is 94.5 cm³/mol. The smallest absolute Gasteiger partial charge is 0.120 e. The summed E-state index contributed by atoms with van der Waals surface area (Å²) in [5.74, 6) is 0.918. The fourth-order valence-electron chi connectivity index (χ4n) is 2.65. The minimum Gasteiger partial charge on any atom is -0.488 e. The fraction of sp³-hybridized carbons (Fsp3) is 0.238. The molecule has 0 amide bonds. The third-order valence-corrected chi connectivity index (χ3v) is 3.59. The fourth-order valence-corrected chi connectivity index (χ4v) is 2.65. The van der Waals surface area contributed by atoms with Gasteiger partial charge in [-0.3, -0.25) is 0 Å².